The van der Waals surface area contributed by atoms with Gasteiger partial charge in [0.05, 0.1) is 0 Å². The zero-order chi connectivity index (χ0) is 13.1. The molecule has 1 atom stereocenters. The molecule has 102 valence electrons. The van der Waals surface area contributed by atoms with Crippen LogP contribution in [0.5, 0.6) is 0 Å². The summed E-state index contributed by atoms with van der Waals surface area (Å²) < 4.78 is 0. The van der Waals surface area contributed by atoms with Crippen molar-refractivity contribution in [1.29, 1.82) is 0 Å². The lowest BCUT2D eigenvalue weighted by Gasteiger charge is -2.29. The minimum absolute atomic E-state index is 0.404. The molecular formula is C14H25N3S. The fourth-order valence-electron chi connectivity index (χ4n) is 2.83. The van der Waals surface area contributed by atoms with Gasteiger partial charge < -0.3 is 10.6 Å². The molecule has 0 amide bonds. The summed E-state index contributed by atoms with van der Waals surface area (Å²) in [5.41, 5.74) is 7.50. The third-order valence-electron chi connectivity index (χ3n) is 3.86. The number of thiophene rings is 1. The highest BCUT2D eigenvalue weighted by Crippen LogP contribution is 2.30. The van der Waals surface area contributed by atoms with Crippen LogP contribution >= 0.6 is 11.3 Å². The van der Waals surface area contributed by atoms with E-state index in [1.165, 1.54) is 34.8 Å². The second-order valence-corrected chi connectivity index (χ2v) is 6.77. The third kappa shape index (κ3) is 3.12. The SMILES string of the molecule is Cc1cc(C(CN)N2CCCN(C)CC2)c(C)s1. The Labute approximate surface area is 115 Å². The number of hydrogen-bond acceptors (Lipinski definition) is 4. The number of likely N-dealkylation sites (N-methyl/N-ethyl adjacent to an activating group) is 1. The smallest absolute Gasteiger partial charge is 0.0482 e. The maximum Gasteiger partial charge on any atom is 0.0482 e. The van der Waals surface area contributed by atoms with E-state index >= 15 is 0 Å². The van der Waals surface area contributed by atoms with Crippen LogP contribution in [0.2, 0.25) is 0 Å². The summed E-state index contributed by atoms with van der Waals surface area (Å²) >= 11 is 1.89. The summed E-state index contributed by atoms with van der Waals surface area (Å²) in [6.07, 6.45) is 1.25. The summed E-state index contributed by atoms with van der Waals surface area (Å²) in [6, 6.07) is 2.73. The van der Waals surface area contributed by atoms with Crippen molar-refractivity contribution in [2.24, 2.45) is 5.73 Å². The second-order valence-electron chi connectivity index (χ2n) is 5.31. The lowest BCUT2D eigenvalue weighted by atomic mass is 10.1. The molecule has 0 radical (unpaired) electrons. The van der Waals surface area contributed by atoms with E-state index in [0.29, 0.717) is 6.04 Å². The minimum atomic E-state index is 0.404. The minimum Gasteiger partial charge on any atom is -0.329 e. The fourth-order valence-corrected chi connectivity index (χ4v) is 3.81. The molecule has 2 heterocycles. The lowest BCUT2D eigenvalue weighted by molar-refractivity contribution is 0.208. The van der Waals surface area contributed by atoms with Gasteiger partial charge in [0.2, 0.25) is 0 Å². The van der Waals surface area contributed by atoms with Crippen molar-refractivity contribution < 1.29 is 0 Å². The van der Waals surface area contributed by atoms with Crippen LogP contribution in [0.15, 0.2) is 6.07 Å². The zero-order valence-electron chi connectivity index (χ0n) is 11.8. The largest absolute Gasteiger partial charge is 0.329 e. The Kier molecular flexibility index (Phi) is 4.78. The Morgan fingerprint density at radius 2 is 2.06 bits per heavy atom. The van der Waals surface area contributed by atoms with Crippen LogP contribution in [-0.2, 0) is 0 Å². The van der Waals surface area contributed by atoms with Crippen LogP contribution in [0.25, 0.3) is 0 Å². The van der Waals surface area contributed by atoms with Gasteiger partial charge in [-0.1, -0.05) is 0 Å². The number of aryl methyl sites for hydroxylation is 2. The van der Waals surface area contributed by atoms with Crippen molar-refractivity contribution in [2.75, 3.05) is 39.8 Å². The monoisotopic (exact) mass is 267 g/mol. The maximum atomic E-state index is 6.05. The van der Waals surface area contributed by atoms with Crippen LogP contribution in [0.3, 0.4) is 0 Å². The van der Waals surface area contributed by atoms with Gasteiger partial charge in [-0.15, -0.1) is 11.3 Å². The van der Waals surface area contributed by atoms with Crippen molar-refractivity contribution in [3.63, 3.8) is 0 Å². The quantitative estimate of drug-likeness (QED) is 0.909. The van der Waals surface area contributed by atoms with Gasteiger partial charge in [0, 0.05) is 42.0 Å². The van der Waals surface area contributed by atoms with Gasteiger partial charge in [0.15, 0.2) is 0 Å². The Hall–Kier alpha value is -0.420. The van der Waals surface area contributed by atoms with Gasteiger partial charge >= 0.3 is 0 Å². The van der Waals surface area contributed by atoms with E-state index in [4.69, 9.17) is 5.73 Å². The molecule has 1 saturated heterocycles. The molecule has 2 rings (SSSR count). The Morgan fingerprint density at radius 3 is 2.67 bits per heavy atom. The van der Waals surface area contributed by atoms with E-state index in [1.807, 2.05) is 11.3 Å². The van der Waals surface area contributed by atoms with E-state index in [2.05, 4.69) is 36.8 Å². The van der Waals surface area contributed by atoms with Gasteiger partial charge in [-0.05, 0) is 45.5 Å². The topological polar surface area (TPSA) is 32.5 Å². The first-order chi connectivity index (χ1) is 8.61. The molecule has 1 aromatic rings. The average molecular weight is 267 g/mol. The Balaban J connectivity index is 2.15. The summed E-state index contributed by atoms with van der Waals surface area (Å²) in [4.78, 5) is 7.81. The highest BCUT2D eigenvalue weighted by Gasteiger charge is 2.23. The summed E-state index contributed by atoms with van der Waals surface area (Å²) in [7, 11) is 2.21. The van der Waals surface area contributed by atoms with Crippen molar-refractivity contribution in [3.05, 3.63) is 21.4 Å². The Morgan fingerprint density at radius 1 is 1.28 bits per heavy atom. The van der Waals surface area contributed by atoms with Crippen molar-refractivity contribution in [3.8, 4) is 0 Å². The van der Waals surface area contributed by atoms with Crippen LogP contribution in [0.1, 0.15) is 27.8 Å². The van der Waals surface area contributed by atoms with Gasteiger partial charge in [0.25, 0.3) is 0 Å². The van der Waals surface area contributed by atoms with E-state index in [-0.39, 0.29) is 0 Å². The molecule has 1 aliphatic heterocycles. The standard InChI is InChI=1S/C14H25N3S/c1-11-9-13(12(2)18-11)14(10-15)17-6-4-5-16(3)7-8-17/h9,14H,4-8,10,15H2,1-3H3. The van der Waals surface area contributed by atoms with Crippen LogP contribution in [-0.4, -0.2) is 49.6 Å². The molecule has 18 heavy (non-hydrogen) atoms. The van der Waals surface area contributed by atoms with Gasteiger partial charge in [0.1, 0.15) is 0 Å². The molecule has 2 N–H and O–H groups in total. The molecule has 0 spiro atoms. The first-order valence-corrected chi connectivity index (χ1v) is 7.63. The zero-order valence-corrected chi connectivity index (χ0v) is 12.6. The summed E-state index contributed by atoms with van der Waals surface area (Å²) in [5.74, 6) is 0. The molecule has 0 bridgehead atoms. The number of nitrogens with zero attached hydrogens (tertiary/aromatic N) is 2. The van der Waals surface area contributed by atoms with Crippen LogP contribution < -0.4 is 5.73 Å². The summed E-state index contributed by atoms with van der Waals surface area (Å²) in [6.45, 7) is 9.78. The molecule has 1 fully saturated rings. The number of hydrogen-bond donors (Lipinski definition) is 1. The number of rotatable bonds is 3. The Bertz CT molecular complexity index is 388. The van der Waals surface area contributed by atoms with Crippen molar-refractivity contribution >= 4 is 11.3 Å². The molecule has 1 unspecified atom stereocenters. The highest BCUT2D eigenvalue weighted by molar-refractivity contribution is 7.12. The van der Waals surface area contributed by atoms with Crippen LogP contribution in [0.4, 0.5) is 0 Å². The van der Waals surface area contributed by atoms with Crippen molar-refractivity contribution in [2.45, 2.75) is 26.3 Å². The van der Waals surface area contributed by atoms with Gasteiger partial charge in [-0.25, -0.2) is 0 Å². The number of nitrogens with two attached hydrogens (primary N) is 1. The first-order valence-electron chi connectivity index (χ1n) is 6.81. The van der Waals surface area contributed by atoms with E-state index in [1.54, 1.807) is 0 Å². The first kappa shape index (κ1) is 14.0. The highest BCUT2D eigenvalue weighted by atomic mass is 32.1. The average Bonchev–Trinajstić information content (AvgIpc) is 2.52. The fraction of sp³-hybridized carbons (Fsp3) is 0.714. The molecule has 1 aromatic heterocycles. The molecule has 0 saturated carbocycles. The predicted octanol–water partition coefficient (Wildman–Crippen LogP) is 2.00. The molecule has 4 heteroatoms. The third-order valence-corrected chi connectivity index (χ3v) is 4.84. The van der Waals surface area contributed by atoms with Crippen LogP contribution in [0, 0.1) is 13.8 Å². The molecule has 1 aliphatic rings. The van der Waals surface area contributed by atoms with E-state index < -0.39 is 0 Å². The summed E-state index contributed by atoms with van der Waals surface area (Å²) in [5, 5.41) is 0. The van der Waals surface area contributed by atoms with Crippen molar-refractivity contribution in [1.82, 2.24) is 9.80 Å². The predicted molar refractivity (Wildman–Crippen MR) is 79.3 cm³/mol. The van der Waals surface area contributed by atoms with Gasteiger partial charge in [-0.2, -0.15) is 0 Å². The lowest BCUT2D eigenvalue weighted by Crippen LogP contribution is -2.36. The van der Waals surface area contributed by atoms with E-state index in [0.717, 1.165) is 19.6 Å². The molecule has 0 aliphatic carbocycles. The normalized spacial score (nSPS) is 20.9. The van der Waals surface area contributed by atoms with Gasteiger partial charge in [-0.3, -0.25) is 4.90 Å². The second kappa shape index (κ2) is 6.15. The maximum absolute atomic E-state index is 6.05. The van der Waals surface area contributed by atoms with E-state index in [9.17, 15) is 0 Å². The molecule has 0 aromatic carbocycles. The molecule has 3 nitrogen and oxygen atoms in total. The molecular weight excluding hydrogens is 242 g/mol.